The first-order valence-corrected chi connectivity index (χ1v) is 12.9. The lowest BCUT2D eigenvalue weighted by Crippen LogP contribution is -2.25. The summed E-state index contributed by atoms with van der Waals surface area (Å²) in [5.41, 5.74) is 5.88. The molecule has 2 heteroatoms. The zero-order valence-electron chi connectivity index (χ0n) is 21.1. The molecule has 0 bridgehead atoms. The van der Waals surface area contributed by atoms with Crippen molar-refractivity contribution in [3.8, 4) is 0 Å². The van der Waals surface area contributed by atoms with E-state index in [1.807, 2.05) is 0 Å². The van der Waals surface area contributed by atoms with E-state index in [0.717, 1.165) is 11.4 Å². The van der Waals surface area contributed by atoms with Crippen LogP contribution in [-0.4, -0.2) is 11.4 Å². The third-order valence-electron chi connectivity index (χ3n) is 7.35. The summed E-state index contributed by atoms with van der Waals surface area (Å²) in [5, 5.41) is 9.16. The Bertz CT molecular complexity index is 1330. The van der Waals surface area contributed by atoms with Gasteiger partial charge in [0.15, 0.2) is 0 Å². The van der Waals surface area contributed by atoms with Crippen LogP contribution in [0.5, 0.6) is 0 Å². The Hall–Kier alpha value is -4.82. The average molecular weight is 489 g/mol. The SMILES string of the molecule is C1=CC(c2ccccc2)(c2ccccc2)C=CC1=NN=C1C=CC(c2ccccc2)(c2ccccc2)C=C1. The van der Waals surface area contributed by atoms with Crippen molar-refractivity contribution in [1.82, 2.24) is 0 Å². The molecule has 0 N–H and O–H groups in total. The van der Waals surface area contributed by atoms with Crippen LogP contribution in [0.3, 0.4) is 0 Å². The van der Waals surface area contributed by atoms with Gasteiger partial charge in [0, 0.05) is 0 Å². The zero-order valence-corrected chi connectivity index (χ0v) is 21.1. The quantitative estimate of drug-likeness (QED) is 0.254. The first kappa shape index (κ1) is 23.6. The summed E-state index contributed by atoms with van der Waals surface area (Å²) in [6, 6.07) is 42.3. The molecule has 6 rings (SSSR count). The van der Waals surface area contributed by atoms with Crippen LogP contribution in [0.4, 0.5) is 0 Å². The Kier molecular flexibility index (Phi) is 6.37. The largest absolute Gasteiger partial charge is 0.151 e. The maximum Gasteiger partial charge on any atom is 0.0851 e. The first-order chi connectivity index (χ1) is 18.8. The van der Waals surface area contributed by atoms with E-state index in [2.05, 4.69) is 180 Å². The molecule has 0 saturated carbocycles. The minimum atomic E-state index is -0.329. The second-order valence-electron chi connectivity index (χ2n) is 9.59. The Morgan fingerprint density at radius 1 is 0.316 bits per heavy atom. The predicted octanol–water partition coefficient (Wildman–Crippen LogP) is 8.01. The van der Waals surface area contributed by atoms with E-state index in [1.54, 1.807) is 0 Å². The van der Waals surface area contributed by atoms with Gasteiger partial charge >= 0.3 is 0 Å². The molecule has 0 aromatic heterocycles. The van der Waals surface area contributed by atoms with Crippen molar-refractivity contribution >= 4 is 11.4 Å². The molecule has 0 aliphatic heterocycles. The predicted molar refractivity (Wildman–Crippen MR) is 159 cm³/mol. The smallest absolute Gasteiger partial charge is 0.0851 e. The van der Waals surface area contributed by atoms with Gasteiger partial charge in [-0.2, -0.15) is 10.2 Å². The zero-order chi connectivity index (χ0) is 25.7. The summed E-state index contributed by atoms with van der Waals surface area (Å²) < 4.78 is 0. The third-order valence-corrected chi connectivity index (χ3v) is 7.35. The third kappa shape index (κ3) is 4.42. The Morgan fingerprint density at radius 2 is 0.553 bits per heavy atom. The molecule has 4 aromatic carbocycles. The molecule has 2 aliphatic carbocycles. The van der Waals surface area contributed by atoms with Crippen LogP contribution in [0, 0.1) is 0 Å². The number of nitrogens with zero attached hydrogens (tertiary/aromatic N) is 2. The Morgan fingerprint density at radius 3 is 0.789 bits per heavy atom. The van der Waals surface area contributed by atoms with Gasteiger partial charge in [0.2, 0.25) is 0 Å². The number of benzene rings is 4. The van der Waals surface area contributed by atoms with Crippen LogP contribution in [0.15, 0.2) is 180 Å². The molecule has 0 heterocycles. The van der Waals surface area contributed by atoms with Crippen molar-refractivity contribution in [2.45, 2.75) is 10.8 Å². The summed E-state index contributed by atoms with van der Waals surface area (Å²) in [5.74, 6) is 0. The van der Waals surface area contributed by atoms with Crippen LogP contribution in [-0.2, 0) is 10.8 Å². The fraction of sp³-hybridized carbons (Fsp3) is 0.0556. The van der Waals surface area contributed by atoms with Crippen LogP contribution in [0.1, 0.15) is 22.3 Å². The summed E-state index contributed by atoms with van der Waals surface area (Å²) in [6.45, 7) is 0. The molecular formula is C36H28N2. The van der Waals surface area contributed by atoms with Crippen LogP contribution < -0.4 is 0 Å². The summed E-state index contributed by atoms with van der Waals surface area (Å²) in [6.07, 6.45) is 17.2. The molecule has 0 fully saturated rings. The molecule has 0 spiro atoms. The van der Waals surface area contributed by atoms with E-state index >= 15 is 0 Å². The van der Waals surface area contributed by atoms with Crippen LogP contribution >= 0.6 is 0 Å². The van der Waals surface area contributed by atoms with Crippen molar-refractivity contribution in [3.05, 3.63) is 192 Å². The molecule has 0 amide bonds. The second kappa shape index (κ2) is 10.3. The van der Waals surface area contributed by atoms with Crippen LogP contribution in [0.2, 0.25) is 0 Å². The van der Waals surface area contributed by atoms with Crippen LogP contribution in [0.25, 0.3) is 0 Å². The summed E-state index contributed by atoms with van der Waals surface area (Å²) in [7, 11) is 0. The lowest BCUT2D eigenvalue weighted by molar-refractivity contribution is 0.812. The highest BCUT2D eigenvalue weighted by Gasteiger charge is 2.31. The van der Waals surface area contributed by atoms with E-state index in [9.17, 15) is 0 Å². The van der Waals surface area contributed by atoms with Gasteiger partial charge in [0.1, 0.15) is 0 Å². The molecule has 2 aliphatic rings. The van der Waals surface area contributed by atoms with Crippen molar-refractivity contribution < 1.29 is 0 Å². The fourth-order valence-corrected chi connectivity index (χ4v) is 5.30. The van der Waals surface area contributed by atoms with Crippen molar-refractivity contribution in [3.63, 3.8) is 0 Å². The van der Waals surface area contributed by atoms with Gasteiger partial charge in [0.05, 0.1) is 22.3 Å². The highest BCUT2D eigenvalue weighted by Crippen LogP contribution is 2.38. The van der Waals surface area contributed by atoms with Gasteiger partial charge < -0.3 is 0 Å². The lowest BCUT2D eigenvalue weighted by atomic mass is 9.72. The number of allylic oxidation sites excluding steroid dienone is 8. The maximum absolute atomic E-state index is 4.58. The topological polar surface area (TPSA) is 24.7 Å². The number of rotatable bonds is 5. The van der Waals surface area contributed by atoms with E-state index in [0.29, 0.717) is 0 Å². The van der Waals surface area contributed by atoms with Crippen molar-refractivity contribution in [2.75, 3.05) is 0 Å². The standard InChI is InChI=1S/C36H28N2/c1-5-13-29(14-6-1)35(30-15-7-2-8-16-30)25-21-33(22-26-35)37-38-34-23-27-36(28-24-34,31-17-9-3-10-18-31)32-19-11-4-12-20-32/h1-28H. The van der Waals surface area contributed by atoms with Gasteiger partial charge in [-0.05, 0) is 46.6 Å². The summed E-state index contributed by atoms with van der Waals surface area (Å²) >= 11 is 0. The first-order valence-electron chi connectivity index (χ1n) is 12.9. The molecule has 0 radical (unpaired) electrons. The van der Waals surface area contributed by atoms with Gasteiger partial charge in [-0.1, -0.05) is 146 Å². The lowest BCUT2D eigenvalue weighted by Gasteiger charge is -2.31. The maximum atomic E-state index is 4.58. The second-order valence-corrected chi connectivity index (χ2v) is 9.59. The molecule has 182 valence electrons. The van der Waals surface area contributed by atoms with Crippen molar-refractivity contribution in [2.24, 2.45) is 10.2 Å². The Labute approximate surface area is 224 Å². The molecule has 38 heavy (non-hydrogen) atoms. The van der Waals surface area contributed by atoms with Gasteiger partial charge in [0.25, 0.3) is 0 Å². The highest BCUT2D eigenvalue weighted by atomic mass is 15.2. The minimum absolute atomic E-state index is 0.329. The summed E-state index contributed by atoms with van der Waals surface area (Å²) in [4.78, 5) is 0. The Balaban J connectivity index is 1.29. The average Bonchev–Trinajstić information content (AvgIpc) is 3.02. The van der Waals surface area contributed by atoms with E-state index in [1.165, 1.54) is 22.3 Å². The molecule has 0 atom stereocenters. The molecular weight excluding hydrogens is 460 g/mol. The molecule has 2 nitrogen and oxygen atoms in total. The fourth-order valence-electron chi connectivity index (χ4n) is 5.30. The molecule has 0 saturated heterocycles. The van der Waals surface area contributed by atoms with E-state index < -0.39 is 0 Å². The normalized spacial score (nSPS) is 16.8. The monoisotopic (exact) mass is 488 g/mol. The highest BCUT2D eigenvalue weighted by molar-refractivity contribution is 6.08. The molecule has 0 unspecified atom stereocenters. The molecule has 4 aromatic rings. The number of hydrogen-bond acceptors (Lipinski definition) is 2. The van der Waals surface area contributed by atoms with E-state index in [-0.39, 0.29) is 10.8 Å². The van der Waals surface area contributed by atoms with Crippen molar-refractivity contribution in [1.29, 1.82) is 0 Å². The van der Waals surface area contributed by atoms with E-state index in [4.69, 9.17) is 0 Å². The van der Waals surface area contributed by atoms with Gasteiger partial charge in [-0.15, -0.1) is 0 Å². The number of hydrogen-bond donors (Lipinski definition) is 0. The minimum Gasteiger partial charge on any atom is -0.151 e. The van der Waals surface area contributed by atoms with Gasteiger partial charge in [-0.3, -0.25) is 0 Å². The van der Waals surface area contributed by atoms with Gasteiger partial charge in [-0.25, -0.2) is 0 Å².